The van der Waals surface area contributed by atoms with E-state index in [1.165, 1.54) is 6.08 Å². The maximum Gasteiger partial charge on any atom is 0.262 e. The highest BCUT2D eigenvalue weighted by atomic mass is 16.5. The molecule has 0 aliphatic rings. The molecule has 1 N–H and O–H groups in total. The summed E-state index contributed by atoms with van der Waals surface area (Å²) in [5.74, 6) is 0.0464. The van der Waals surface area contributed by atoms with Crippen molar-refractivity contribution in [2.75, 3.05) is 6.61 Å². The van der Waals surface area contributed by atoms with Crippen molar-refractivity contribution in [1.82, 2.24) is 5.32 Å². The molecule has 0 fully saturated rings. The Morgan fingerprint density at radius 2 is 2.14 bits per heavy atom. The number of ether oxygens (including phenoxy) is 1. The van der Waals surface area contributed by atoms with Crippen LogP contribution in [0.15, 0.2) is 29.8 Å². The first-order valence-corrected chi connectivity index (χ1v) is 6.63. The Hall–Kier alpha value is -2.79. The molecule has 0 saturated carbocycles. The molecule has 0 unspecified atom stereocenters. The molecule has 0 aliphatic carbocycles. The lowest BCUT2D eigenvalue weighted by Gasteiger charge is -2.11. The number of amides is 1. The van der Waals surface area contributed by atoms with Crippen LogP contribution in [0.5, 0.6) is 5.75 Å². The average molecular weight is 283 g/mol. The topological polar surface area (TPSA) is 85.9 Å². The van der Waals surface area contributed by atoms with Gasteiger partial charge in [-0.1, -0.05) is 25.1 Å². The highest BCUT2D eigenvalue weighted by Crippen LogP contribution is 2.21. The first-order valence-electron chi connectivity index (χ1n) is 6.63. The SMILES string of the molecule is CC[C@@H](C)NC(=O)/C(C#N)=C/c1ccccc1OCC#N. The summed E-state index contributed by atoms with van der Waals surface area (Å²) < 4.78 is 5.27. The summed E-state index contributed by atoms with van der Waals surface area (Å²) in [6.07, 6.45) is 2.25. The molecule has 0 radical (unpaired) electrons. The van der Waals surface area contributed by atoms with Crippen LogP contribution in [0.25, 0.3) is 6.08 Å². The van der Waals surface area contributed by atoms with Crippen LogP contribution in [0.2, 0.25) is 0 Å². The molecule has 0 aromatic heterocycles. The van der Waals surface area contributed by atoms with Gasteiger partial charge in [0.2, 0.25) is 0 Å². The van der Waals surface area contributed by atoms with Gasteiger partial charge >= 0.3 is 0 Å². The largest absolute Gasteiger partial charge is 0.478 e. The van der Waals surface area contributed by atoms with Gasteiger partial charge in [0, 0.05) is 11.6 Å². The molecule has 1 rings (SSSR count). The molecule has 0 spiro atoms. The molecule has 0 heterocycles. The first kappa shape index (κ1) is 16.3. The van der Waals surface area contributed by atoms with Crippen LogP contribution >= 0.6 is 0 Å². The van der Waals surface area contributed by atoms with E-state index in [0.29, 0.717) is 11.3 Å². The minimum Gasteiger partial charge on any atom is -0.478 e. The summed E-state index contributed by atoms with van der Waals surface area (Å²) in [5.41, 5.74) is 0.590. The van der Waals surface area contributed by atoms with E-state index in [4.69, 9.17) is 15.3 Å². The number of hydrogen-bond acceptors (Lipinski definition) is 4. The molecule has 0 bridgehead atoms. The number of nitrogens with zero attached hydrogens (tertiary/aromatic N) is 2. The molecule has 1 atom stereocenters. The molecule has 5 heteroatoms. The summed E-state index contributed by atoms with van der Waals surface area (Å²) in [6, 6.07) is 10.7. The molecule has 1 aromatic carbocycles. The van der Waals surface area contributed by atoms with E-state index in [2.05, 4.69) is 5.32 Å². The second kappa shape index (κ2) is 8.39. The molecule has 0 aliphatic heterocycles. The van der Waals surface area contributed by atoms with Gasteiger partial charge in [-0.3, -0.25) is 4.79 Å². The van der Waals surface area contributed by atoms with Gasteiger partial charge in [0.25, 0.3) is 5.91 Å². The number of rotatable bonds is 6. The predicted octanol–water partition coefficient (Wildman–Crippen LogP) is 2.41. The van der Waals surface area contributed by atoms with Crippen LogP contribution in [0.4, 0.5) is 0 Å². The standard InChI is InChI=1S/C16H17N3O2/c1-3-12(2)19-16(20)14(11-18)10-13-6-4-5-7-15(13)21-9-8-17/h4-7,10,12H,3,9H2,1-2H3,(H,19,20)/b14-10+/t12-/m1/s1. The lowest BCUT2D eigenvalue weighted by Crippen LogP contribution is -2.32. The lowest BCUT2D eigenvalue weighted by atomic mass is 10.1. The minimum absolute atomic E-state index is 0.000618. The van der Waals surface area contributed by atoms with E-state index in [-0.39, 0.29) is 18.2 Å². The third-order valence-corrected chi connectivity index (χ3v) is 2.87. The zero-order valence-corrected chi connectivity index (χ0v) is 12.1. The van der Waals surface area contributed by atoms with Crippen molar-refractivity contribution in [3.05, 3.63) is 35.4 Å². The molecule has 108 valence electrons. The summed E-state index contributed by atoms with van der Waals surface area (Å²) in [6.45, 7) is 3.73. The van der Waals surface area contributed by atoms with Gasteiger partial charge in [-0.2, -0.15) is 10.5 Å². The second-order valence-electron chi connectivity index (χ2n) is 4.44. The Kier molecular flexibility index (Phi) is 6.50. The maximum absolute atomic E-state index is 12.0. The van der Waals surface area contributed by atoms with Crippen LogP contribution in [-0.4, -0.2) is 18.6 Å². The van der Waals surface area contributed by atoms with Crippen molar-refractivity contribution >= 4 is 12.0 Å². The highest BCUT2D eigenvalue weighted by Gasteiger charge is 2.12. The Labute approximate surface area is 124 Å². The number of hydrogen-bond donors (Lipinski definition) is 1. The lowest BCUT2D eigenvalue weighted by molar-refractivity contribution is -0.117. The molecule has 0 saturated heterocycles. The smallest absolute Gasteiger partial charge is 0.262 e. The summed E-state index contributed by atoms with van der Waals surface area (Å²) in [4.78, 5) is 12.0. The fourth-order valence-corrected chi connectivity index (χ4v) is 1.55. The Bertz CT molecular complexity index is 609. The van der Waals surface area contributed by atoms with E-state index in [0.717, 1.165) is 6.42 Å². The first-order chi connectivity index (χ1) is 10.1. The van der Waals surface area contributed by atoms with Crippen LogP contribution in [-0.2, 0) is 4.79 Å². The Morgan fingerprint density at radius 3 is 2.76 bits per heavy atom. The second-order valence-corrected chi connectivity index (χ2v) is 4.44. The van der Waals surface area contributed by atoms with E-state index in [1.807, 2.05) is 26.0 Å². The summed E-state index contributed by atoms with van der Waals surface area (Å²) >= 11 is 0. The molecular formula is C16H17N3O2. The van der Waals surface area contributed by atoms with Gasteiger partial charge in [-0.25, -0.2) is 0 Å². The number of para-hydroxylation sites is 1. The van der Waals surface area contributed by atoms with Crippen LogP contribution in [0.1, 0.15) is 25.8 Å². The maximum atomic E-state index is 12.0. The van der Waals surface area contributed by atoms with E-state index in [1.54, 1.807) is 24.3 Å². The predicted molar refractivity (Wildman–Crippen MR) is 79.0 cm³/mol. The zero-order valence-electron chi connectivity index (χ0n) is 12.1. The molecule has 1 aromatic rings. The van der Waals surface area contributed by atoms with Gasteiger partial charge in [0.15, 0.2) is 6.61 Å². The number of nitriles is 2. The van der Waals surface area contributed by atoms with Gasteiger partial charge in [0.05, 0.1) is 0 Å². The third kappa shape index (κ3) is 5.00. The zero-order chi connectivity index (χ0) is 15.7. The van der Waals surface area contributed by atoms with Gasteiger partial charge < -0.3 is 10.1 Å². The van der Waals surface area contributed by atoms with E-state index >= 15 is 0 Å². The Morgan fingerprint density at radius 1 is 1.43 bits per heavy atom. The van der Waals surface area contributed by atoms with E-state index in [9.17, 15) is 4.79 Å². The number of carbonyl (C=O) groups is 1. The summed E-state index contributed by atoms with van der Waals surface area (Å²) in [7, 11) is 0. The fourth-order valence-electron chi connectivity index (χ4n) is 1.55. The van der Waals surface area contributed by atoms with Crippen molar-refractivity contribution in [3.8, 4) is 17.9 Å². The Balaban J connectivity index is 3.01. The normalized spacial score (nSPS) is 11.9. The molecule has 21 heavy (non-hydrogen) atoms. The quantitative estimate of drug-likeness (QED) is 0.641. The van der Waals surface area contributed by atoms with Crippen molar-refractivity contribution in [3.63, 3.8) is 0 Å². The van der Waals surface area contributed by atoms with Crippen molar-refractivity contribution < 1.29 is 9.53 Å². The van der Waals surface area contributed by atoms with Crippen LogP contribution in [0.3, 0.4) is 0 Å². The molecular weight excluding hydrogens is 266 g/mol. The highest BCUT2D eigenvalue weighted by molar-refractivity contribution is 6.02. The third-order valence-electron chi connectivity index (χ3n) is 2.87. The minimum atomic E-state index is -0.415. The number of carbonyl (C=O) groups excluding carboxylic acids is 1. The molecule has 1 amide bonds. The van der Waals surface area contributed by atoms with Crippen molar-refractivity contribution in [2.24, 2.45) is 0 Å². The molecule has 5 nitrogen and oxygen atoms in total. The van der Waals surface area contributed by atoms with Gasteiger partial charge in [0.1, 0.15) is 23.5 Å². The van der Waals surface area contributed by atoms with E-state index < -0.39 is 5.91 Å². The van der Waals surface area contributed by atoms with Crippen LogP contribution in [0, 0.1) is 22.7 Å². The van der Waals surface area contributed by atoms with Crippen LogP contribution < -0.4 is 10.1 Å². The monoisotopic (exact) mass is 283 g/mol. The fraction of sp³-hybridized carbons (Fsp3) is 0.312. The number of nitrogens with one attached hydrogen (secondary N) is 1. The average Bonchev–Trinajstić information content (AvgIpc) is 2.51. The van der Waals surface area contributed by atoms with Gasteiger partial charge in [-0.05, 0) is 25.5 Å². The van der Waals surface area contributed by atoms with Gasteiger partial charge in [-0.15, -0.1) is 0 Å². The van der Waals surface area contributed by atoms with Crippen molar-refractivity contribution in [1.29, 1.82) is 10.5 Å². The summed E-state index contributed by atoms with van der Waals surface area (Å²) in [5, 5.41) is 20.4. The number of benzene rings is 1. The van der Waals surface area contributed by atoms with Crippen molar-refractivity contribution in [2.45, 2.75) is 26.3 Å².